The Kier molecular flexibility index (Phi) is 12.2. The molecule has 0 unspecified atom stereocenters. The summed E-state index contributed by atoms with van der Waals surface area (Å²) in [7, 11) is 0. The van der Waals surface area contributed by atoms with E-state index in [1.165, 1.54) is 0 Å². The molecule has 9 nitrogen and oxygen atoms in total. The highest BCUT2D eigenvalue weighted by Crippen LogP contribution is 2.44. The zero-order valence-corrected chi connectivity index (χ0v) is 44.7. The molecular weight excluding hydrogens is 1030 g/mol. The Morgan fingerprint density at radius 1 is 0.250 bits per heavy atom. The first-order valence-electron chi connectivity index (χ1n) is 27.1. The molecule has 0 aliphatic heterocycles. The van der Waals surface area contributed by atoms with Gasteiger partial charge in [-0.1, -0.05) is 133 Å². The number of hydrogen-bond acceptors (Lipinski definition) is 7. The molecule has 0 atom stereocenters. The van der Waals surface area contributed by atoms with Crippen molar-refractivity contribution in [2.75, 3.05) is 0 Å². The minimum absolute atomic E-state index is 0.414. The highest BCUT2D eigenvalue weighted by Gasteiger charge is 2.25. The van der Waals surface area contributed by atoms with Crippen LogP contribution in [0.25, 0.3) is 133 Å². The van der Waals surface area contributed by atoms with E-state index in [9.17, 15) is 26.3 Å². The largest absolute Gasteiger partial charge is 0.308 e. The number of aromatic nitrogens is 4. The van der Waals surface area contributed by atoms with Gasteiger partial charge in [0.2, 0.25) is 0 Å². The summed E-state index contributed by atoms with van der Waals surface area (Å²) in [5.74, 6) is 0.546. The van der Waals surface area contributed by atoms with Crippen molar-refractivity contribution in [1.82, 2.24) is 19.1 Å². The van der Waals surface area contributed by atoms with Gasteiger partial charge in [-0.25, -0.2) is 9.97 Å². The Bertz CT molecular complexity index is 4650. The van der Waals surface area contributed by atoms with Crippen molar-refractivity contribution in [2.45, 2.75) is 0 Å². The molecule has 0 saturated carbocycles. The molecule has 0 spiro atoms. The average molecular weight is 1070 g/mol. The van der Waals surface area contributed by atoms with Crippen molar-refractivity contribution in [3.63, 3.8) is 0 Å². The van der Waals surface area contributed by atoms with E-state index in [4.69, 9.17) is 9.97 Å². The van der Waals surface area contributed by atoms with E-state index in [1.54, 1.807) is 0 Å². The number of nitrogens with zero attached hydrogens (tertiary/aromatic N) is 9. The molecule has 0 bridgehead atoms. The van der Waals surface area contributed by atoms with Gasteiger partial charge in [0.05, 0.1) is 91.4 Å². The molecule has 11 aromatic carbocycles. The van der Waals surface area contributed by atoms with Crippen molar-refractivity contribution in [3.05, 3.63) is 277 Å². The highest BCUT2D eigenvalue weighted by atomic mass is 15.0. The second-order valence-corrected chi connectivity index (χ2v) is 20.6. The minimum atomic E-state index is 0.414. The average Bonchev–Trinajstić information content (AvgIpc) is 4.14. The maximum Gasteiger partial charge on any atom is 0.160 e. The Hall–Kier alpha value is -12.5. The second kappa shape index (κ2) is 20.7. The Morgan fingerprint density at radius 2 is 0.548 bits per heavy atom. The first kappa shape index (κ1) is 49.8. The number of hydrogen-bond donors (Lipinski definition) is 0. The van der Waals surface area contributed by atoms with E-state index in [1.807, 2.05) is 164 Å². The molecule has 0 N–H and O–H groups in total. The monoisotopic (exact) mass is 1070 g/mol. The molecule has 14 aromatic rings. The number of nitriles is 5. The summed E-state index contributed by atoms with van der Waals surface area (Å²) in [5.41, 5.74) is 18.9. The normalized spacial score (nSPS) is 11.0. The summed E-state index contributed by atoms with van der Waals surface area (Å²) in [6, 6.07) is 93.8. The minimum Gasteiger partial charge on any atom is -0.308 e. The molecule has 0 radical (unpaired) electrons. The predicted molar refractivity (Wildman–Crippen MR) is 332 cm³/mol. The Balaban J connectivity index is 1.09. The molecule has 3 heterocycles. The molecule has 0 amide bonds. The van der Waals surface area contributed by atoms with Crippen LogP contribution in [-0.4, -0.2) is 19.1 Å². The van der Waals surface area contributed by atoms with Crippen molar-refractivity contribution in [3.8, 4) is 120 Å². The summed E-state index contributed by atoms with van der Waals surface area (Å²) >= 11 is 0. The number of rotatable bonds is 9. The molecule has 386 valence electrons. The molecule has 0 aliphatic rings. The van der Waals surface area contributed by atoms with Gasteiger partial charge in [0.25, 0.3) is 0 Å². The zero-order valence-electron chi connectivity index (χ0n) is 44.7. The summed E-state index contributed by atoms with van der Waals surface area (Å²) in [5, 5.41) is 54.6. The van der Waals surface area contributed by atoms with Gasteiger partial charge in [-0.05, 0) is 160 Å². The lowest BCUT2D eigenvalue weighted by Gasteiger charge is -2.19. The van der Waals surface area contributed by atoms with Crippen LogP contribution in [0.4, 0.5) is 0 Å². The lowest BCUT2D eigenvalue weighted by atomic mass is 9.99. The fourth-order valence-electron chi connectivity index (χ4n) is 11.5. The van der Waals surface area contributed by atoms with Crippen LogP contribution in [0.2, 0.25) is 0 Å². The van der Waals surface area contributed by atoms with Crippen molar-refractivity contribution in [1.29, 1.82) is 26.3 Å². The SMILES string of the molecule is N#Cc1ccc(-c2ccc3c(c2)c2cc(-c4ccc(C#N)cc4)ccc2n3-c2cc(-c3cc(-c4ccccc4)nc(-c4ccccc4)n3)cc(-n3c4ccc(-c5ccc(C#N)cc5)cc4c4cc(-c5ccc(C#N)cc5)ccc43)c2C#N)cc1. The van der Waals surface area contributed by atoms with Crippen LogP contribution >= 0.6 is 0 Å². The summed E-state index contributed by atoms with van der Waals surface area (Å²) < 4.78 is 4.39. The molecular formula is C75H41N9. The van der Waals surface area contributed by atoms with Crippen LogP contribution in [0.1, 0.15) is 27.8 Å². The second-order valence-electron chi connectivity index (χ2n) is 20.6. The van der Waals surface area contributed by atoms with Gasteiger partial charge in [-0.3, -0.25) is 0 Å². The fraction of sp³-hybridized carbons (Fsp3) is 0. The smallest absolute Gasteiger partial charge is 0.160 e. The van der Waals surface area contributed by atoms with Gasteiger partial charge >= 0.3 is 0 Å². The van der Waals surface area contributed by atoms with E-state index in [2.05, 4.69) is 124 Å². The Labute approximate surface area is 483 Å². The zero-order chi connectivity index (χ0) is 56.8. The molecule has 14 rings (SSSR count). The molecule has 0 fully saturated rings. The highest BCUT2D eigenvalue weighted by molar-refractivity contribution is 6.14. The topological polar surface area (TPSA) is 155 Å². The van der Waals surface area contributed by atoms with Gasteiger partial charge in [0.1, 0.15) is 11.6 Å². The fourth-order valence-corrected chi connectivity index (χ4v) is 11.5. The van der Waals surface area contributed by atoms with Crippen LogP contribution in [0.3, 0.4) is 0 Å². The third kappa shape index (κ3) is 8.72. The van der Waals surface area contributed by atoms with E-state index in [0.29, 0.717) is 50.7 Å². The van der Waals surface area contributed by atoms with Gasteiger partial charge in [0, 0.05) is 38.2 Å². The standard InChI is InChI=1S/C75H41N9/c76-42-47-11-19-51(20-12-47)57-27-31-69-62(35-57)63-36-58(52-21-13-48(43-77)14-22-52)28-32-70(63)83(69)73-39-61(68-41-67(55-7-3-1-4-8-55)81-75(82-68)56-9-5-2-6-10-56)40-74(66(73)46-80)84-71-33-29-59(53-23-15-49(44-78)16-24-53)37-64(71)65-38-60(30-34-72(65)84)54-25-17-50(45-79)18-26-54/h1-41H. The quantitative estimate of drug-likeness (QED) is 0.139. The van der Waals surface area contributed by atoms with Crippen LogP contribution in [-0.2, 0) is 0 Å². The summed E-state index contributed by atoms with van der Waals surface area (Å²) in [6.45, 7) is 0. The third-order valence-corrected chi connectivity index (χ3v) is 15.7. The number of benzene rings is 11. The first-order valence-corrected chi connectivity index (χ1v) is 27.1. The van der Waals surface area contributed by atoms with Gasteiger partial charge < -0.3 is 9.13 Å². The summed E-state index contributed by atoms with van der Waals surface area (Å²) in [4.78, 5) is 10.6. The maximum atomic E-state index is 12.1. The van der Waals surface area contributed by atoms with Crippen molar-refractivity contribution >= 4 is 43.6 Å². The van der Waals surface area contributed by atoms with E-state index < -0.39 is 0 Å². The van der Waals surface area contributed by atoms with Crippen LogP contribution in [0.5, 0.6) is 0 Å². The van der Waals surface area contributed by atoms with Crippen molar-refractivity contribution in [2.24, 2.45) is 0 Å². The van der Waals surface area contributed by atoms with E-state index >= 15 is 0 Å². The Morgan fingerprint density at radius 3 is 0.857 bits per heavy atom. The molecule has 3 aromatic heterocycles. The predicted octanol–water partition coefficient (Wildman–Crippen LogP) is 17.7. The van der Waals surface area contributed by atoms with Gasteiger partial charge in [0.15, 0.2) is 5.82 Å². The maximum absolute atomic E-state index is 12.1. The third-order valence-electron chi connectivity index (χ3n) is 15.7. The van der Waals surface area contributed by atoms with Crippen molar-refractivity contribution < 1.29 is 0 Å². The van der Waals surface area contributed by atoms with Crippen LogP contribution in [0, 0.1) is 56.7 Å². The lowest BCUT2D eigenvalue weighted by Crippen LogP contribution is -2.06. The van der Waals surface area contributed by atoms with E-state index in [0.717, 1.165) is 111 Å². The molecule has 0 aliphatic carbocycles. The first-order chi connectivity index (χ1) is 41.4. The molecule has 9 heteroatoms. The lowest BCUT2D eigenvalue weighted by molar-refractivity contribution is 1.11. The molecule has 84 heavy (non-hydrogen) atoms. The van der Waals surface area contributed by atoms with Crippen LogP contribution in [0.15, 0.2) is 249 Å². The van der Waals surface area contributed by atoms with Crippen LogP contribution < -0.4 is 0 Å². The van der Waals surface area contributed by atoms with E-state index in [-0.39, 0.29) is 0 Å². The molecule has 0 saturated heterocycles. The summed E-state index contributed by atoms with van der Waals surface area (Å²) in [6.07, 6.45) is 0. The van der Waals surface area contributed by atoms with Gasteiger partial charge in [-0.2, -0.15) is 26.3 Å². The number of fused-ring (bicyclic) bond motifs is 6. The van der Waals surface area contributed by atoms with Gasteiger partial charge in [-0.15, -0.1) is 0 Å².